The summed E-state index contributed by atoms with van der Waals surface area (Å²) in [6.45, 7) is -0.0383. The van der Waals surface area contributed by atoms with Crippen LogP contribution in [-0.4, -0.2) is 143 Å². The van der Waals surface area contributed by atoms with Crippen LogP contribution in [-0.2, 0) is 46.2 Å². The van der Waals surface area contributed by atoms with Crippen molar-refractivity contribution in [3.63, 3.8) is 0 Å². The molecule has 0 bridgehead atoms. The van der Waals surface area contributed by atoms with E-state index in [9.17, 15) is 18.9 Å². The Labute approximate surface area is 261 Å². The van der Waals surface area contributed by atoms with E-state index in [-0.39, 0.29) is 66.1 Å². The fourth-order valence-corrected chi connectivity index (χ4v) is 4.15. The summed E-state index contributed by atoms with van der Waals surface area (Å²) in [5.74, 6) is 21.2. The van der Waals surface area contributed by atoms with Gasteiger partial charge in [0.1, 0.15) is 64.9 Å². The number of phosphoric ester groups is 2. The summed E-state index contributed by atoms with van der Waals surface area (Å²) in [4.78, 5) is 24.2. The van der Waals surface area contributed by atoms with Crippen molar-refractivity contribution < 1.29 is 64.9 Å². The summed E-state index contributed by atoms with van der Waals surface area (Å²) < 4.78 is 67.1. The Morgan fingerprint density at radius 2 is 0.955 bits per heavy atom. The van der Waals surface area contributed by atoms with Gasteiger partial charge in [-0.2, -0.15) is 0 Å². The molecule has 1 aliphatic rings. The molecule has 1 rings (SSSR count). The van der Waals surface area contributed by atoms with Crippen LogP contribution in [0.15, 0.2) is 0 Å². The molecule has 0 aromatic carbocycles. The molecule has 1 heterocycles. The molecule has 0 amide bonds. The molecule has 0 aromatic rings. The van der Waals surface area contributed by atoms with Gasteiger partial charge in [-0.25, -0.2) is 0 Å². The Balaban J connectivity index is 2.73. The summed E-state index contributed by atoms with van der Waals surface area (Å²) in [5.41, 5.74) is 0. The van der Waals surface area contributed by atoms with E-state index in [4.69, 9.17) is 37.0 Å². The lowest BCUT2D eigenvalue weighted by molar-refractivity contribution is -0.870. The number of hydrogen-bond acceptors (Lipinski definition) is 12. The van der Waals surface area contributed by atoms with Gasteiger partial charge >= 0.3 is 0 Å². The number of hydrogen-bond donors (Lipinski definition) is 0. The van der Waals surface area contributed by atoms with Gasteiger partial charge in [0.15, 0.2) is 0 Å². The number of likely N-dealkylation sites (N-methyl/N-ethyl adjacent to an activating group) is 2. The molecule has 14 nitrogen and oxygen atoms in total. The zero-order chi connectivity index (χ0) is 33.0. The van der Waals surface area contributed by atoms with E-state index >= 15 is 0 Å². The fraction of sp³-hybridized carbons (Fsp3) is 0.714. The van der Waals surface area contributed by atoms with Crippen LogP contribution in [0.25, 0.3) is 0 Å². The molecule has 0 aliphatic carbocycles. The van der Waals surface area contributed by atoms with Crippen LogP contribution in [0.3, 0.4) is 0 Å². The number of phosphoric acid groups is 2. The second-order valence-corrected chi connectivity index (χ2v) is 14.1. The summed E-state index contributed by atoms with van der Waals surface area (Å²) in [5, 5.41) is 0. The predicted molar refractivity (Wildman–Crippen MR) is 157 cm³/mol. The van der Waals surface area contributed by atoms with Crippen LogP contribution in [0.2, 0.25) is 0 Å². The quantitative estimate of drug-likeness (QED) is 0.130. The molecule has 1 aliphatic heterocycles. The third-order valence-corrected chi connectivity index (χ3v) is 7.01. The van der Waals surface area contributed by atoms with Crippen molar-refractivity contribution in [1.29, 1.82) is 0 Å². The average Bonchev–Trinajstić information content (AvgIpc) is 2.89. The molecule has 2 unspecified atom stereocenters. The normalized spacial score (nSPS) is 21.7. The minimum atomic E-state index is -4.55. The molecule has 0 radical (unpaired) electrons. The molecule has 0 saturated carbocycles. The second-order valence-electron chi connectivity index (χ2n) is 11.3. The van der Waals surface area contributed by atoms with E-state index < -0.39 is 27.9 Å². The molecule has 0 spiro atoms. The molecular formula is C28H44N2O12P2. The van der Waals surface area contributed by atoms with Crippen LogP contribution < -0.4 is 9.79 Å². The van der Waals surface area contributed by atoms with Crippen LogP contribution in [0.1, 0.15) is 0 Å². The molecule has 0 fully saturated rings. The zero-order valence-electron chi connectivity index (χ0n) is 26.3. The Hall–Kier alpha value is -1.78. The van der Waals surface area contributed by atoms with Gasteiger partial charge in [-0.3, -0.25) is 9.13 Å². The minimum Gasteiger partial charge on any atom is -0.756 e. The van der Waals surface area contributed by atoms with Crippen LogP contribution in [0.4, 0.5) is 0 Å². The van der Waals surface area contributed by atoms with Gasteiger partial charge in [-0.05, 0) is 23.7 Å². The molecule has 4 atom stereocenters. The SMILES string of the molecule is C[N+](C)(C)CCOP(=O)([O-])OC[C@H]1COCC#CC#CCOC[C@H](COP(=O)([O-])OCC[N+](C)(C)C)OCC#CC#CCO1. The first-order valence-electron chi connectivity index (χ1n) is 13.7. The summed E-state index contributed by atoms with van der Waals surface area (Å²) >= 11 is 0. The van der Waals surface area contributed by atoms with Crippen molar-refractivity contribution in [2.75, 3.05) is 121 Å². The van der Waals surface area contributed by atoms with Crippen LogP contribution >= 0.6 is 15.6 Å². The van der Waals surface area contributed by atoms with Gasteiger partial charge in [0, 0.05) is 0 Å². The van der Waals surface area contributed by atoms with E-state index in [1.807, 2.05) is 42.3 Å². The van der Waals surface area contributed by atoms with Gasteiger partial charge in [-0.1, -0.05) is 23.7 Å². The van der Waals surface area contributed by atoms with Gasteiger partial charge in [0.2, 0.25) is 0 Å². The Morgan fingerprint density at radius 3 is 1.30 bits per heavy atom. The van der Waals surface area contributed by atoms with E-state index in [1.54, 1.807) is 0 Å². The number of nitrogens with zero attached hydrogens (tertiary/aromatic N) is 2. The van der Waals surface area contributed by atoms with Crippen LogP contribution in [0, 0.1) is 47.4 Å². The molecule has 0 N–H and O–H groups in total. The lowest BCUT2D eigenvalue weighted by atomic mass is 10.4. The maximum Gasteiger partial charge on any atom is 0.268 e. The largest absolute Gasteiger partial charge is 0.756 e. The summed E-state index contributed by atoms with van der Waals surface area (Å²) in [6.07, 6.45) is -1.57. The lowest BCUT2D eigenvalue weighted by Crippen LogP contribution is -2.37. The fourth-order valence-electron chi connectivity index (χ4n) is 2.69. The van der Waals surface area contributed by atoms with Gasteiger partial charge < -0.3 is 55.8 Å². The first-order valence-corrected chi connectivity index (χ1v) is 16.6. The van der Waals surface area contributed by atoms with E-state index in [2.05, 4.69) is 47.4 Å². The second kappa shape index (κ2) is 21.1. The number of quaternary nitrogens is 2. The first kappa shape index (κ1) is 40.2. The van der Waals surface area contributed by atoms with E-state index in [0.29, 0.717) is 22.1 Å². The molecule has 44 heavy (non-hydrogen) atoms. The van der Waals surface area contributed by atoms with Crippen molar-refractivity contribution in [3.05, 3.63) is 0 Å². The zero-order valence-corrected chi connectivity index (χ0v) is 28.1. The summed E-state index contributed by atoms with van der Waals surface area (Å²) in [6, 6.07) is 0. The highest BCUT2D eigenvalue weighted by molar-refractivity contribution is 7.46. The smallest absolute Gasteiger partial charge is 0.268 e. The highest BCUT2D eigenvalue weighted by Crippen LogP contribution is 2.39. The molecule has 0 saturated heterocycles. The Morgan fingerprint density at radius 1 is 0.614 bits per heavy atom. The van der Waals surface area contributed by atoms with Gasteiger partial charge in [-0.15, -0.1) is 0 Å². The van der Waals surface area contributed by atoms with E-state index in [1.165, 1.54) is 0 Å². The molecular weight excluding hydrogens is 618 g/mol. The standard InChI is InChI=1S/C28H44N2O12P2/c1-29(2,3)15-21-39-43(31,32)41-25-27-23-35-17-11-7-8-12-18-36-24-28(38-20-14-10-9-13-19-37-27)26-42-44(33,34)40-22-16-30(4,5)6/h27-28H,15-26H2,1-6H3/t27-,28-/m1/s1. The lowest BCUT2D eigenvalue weighted by Gasteiger charge is -2.28. The third kappa shape index (κ3) is 24.5. The van der Waals surface area contributed by atoms with E-state index in [0.717, 1.165) is 0 Å². The van der Waals surface area contributed by atoms with Gasteiger partial charge in [0.05, 0.1) is 68.7 Å². The first-order chi connectivity index (χ1) is 20.6. The molecule has 248 valence electrons. The topological polar surface area (TPSA) is 154 Å². The highest BCUT2D eigenvalue weighted by Gasteiger charge is 2.19. The monoisotopic (exact) mass is 662 g/mol. The average molecular weight is 663 g/mol. The summed E-state index contributed by atoms with van der Waals surface area (Å²) in [7, 11) is 2.34. The number of rotatable bonds is 14. The highest BCUT2D eigenvalue weighted by atomic mass is 31.2. The number of ether oxygens (including phenoxy) is 4. The van der Waals surface area contributed by atoms with Crippen molar-refractivity contribution >= 4 is 15.6 Å². The van der Waals surface area contributed by atoms with Crippen molar-refractivity contribution in [3.8, 4) is 47.4 Å². The Bertz CT molecular complexity index is 1110. The maximum absolute atomic E-state index is 12.1. The third-order valence-electron chi connectivity index (χ3n) is 5.08. The maximum atomic E-state index is 12.1. The van der Waals surface area contributed by atoms with Crippen LogP contribution in [0.5, 0.6) is 0 Å². The molecule has 0 aromatic heterocycles. The Kier molecular flexibility index (Phi) is 19.3. The molecule has 16 heteroatoms. The van der Waals surface area contributed by atoms with Gasteiger partial charge in [0.25, 0.3) is 15.6 Å². The van der Waals surface area contributed by atoms with Crippen molar-refractivity contribution in [2.24, 2.45) is 0 Å². The minimum absolute atomic E-state index is 0.000923. The van der Waals surface area contributed by atoms with Crippen molar-refractivity contribution in [2.45, 2.75) is 12.2 Å². The van der Waals surface area contributed by atoms with Crippen molar-refractivity contribution in [1.82, 2.24) is 0 Å². The predicted octanol–water partition coefficient (Wildman–Crippen LogP) is -0.767.